The van der Waals surface area contributed by atoms with Crippen LogP contribution >= 0.6 is 0 Å². The van der Waals surface area contributed by atoms with Crippen molar-refractivity contribution in [1.82, 2.24) is 9.29 Å². The first-order valence-electron chi connectivity index (χ1n) is 5.96. The maximum atomic E-state index is 11.6. The van der Waals surface area contributed by atoms with Gasteiger partial charge in [-0.3, -0.25) is 4.72 Å². The maximum Gasteiger partial charge on any atom is 0.302 e. The lowest BCUT2D eigenvalue weighted by Crippen LogP contribution is -2.29. The SMILES string of the molecule is CN(C)S(=O)(=O)Nc1ccc(Nc2ccccc2)cn1. The van der Waals surface area contributed by atoms with E-state index < -0.39 is 10.2 Å². The molecular weight excluding hydrogens is 276 g/mol. The summed E-state index contributed by atoms with van der Waals surface area (Å²) in [6.45, 7) is 0. The Balaban J connectivity index is 2.07. The summed E-state index contributed by atoms with van der Waals surface area (Å²) >= 11 is 0. The molecule has 2 rings (SSSR count). The second-order valence-electron chi connectivity index (χ2n) is 4.31. The summed E-state index contributed by atoms with van der Waals surface area (Å²) in [5, 5.41) is 3.17. The van der Waals surface area contributed by atoms with Crippen molar-refractivity contribution in [1.29, 1.82) is 0 Å². The van der Waals surface area contributed by atoms with Crippen LogP contribution in [-0.2, 0) is 10.2 Å². The molecule has 2 aromatic rings. The Bertz CT molecular complexity index is 655. The molecule has 0 bridgehead atoms. The summed E-state index contributed by atoms with van der Waals surface area (Å²) in [4.78, 5) is 4.06. The van der Waals surface area contributed by atoms with Crippen molar-refractivity contribution in [3.63, 3.8) is 0 Å². The van der Waals surface area contributed by atoms with Crippen molar-refractivity contribution < 1.29 is 8.42 Å². The van der Waals surface area contributed by atoms with Gasteiger partial charge in [-0.2, -0.15) is 12.7 Å². The molecule has 0 aliphatic rings. The van der Waals surface area contributed by atoms with Crippen molar-refractivity contribution >= 4 is 27.4 Å². The van der Waals surface area contributed by atoms with Crippen LogP contribution in [0.2, 0.25) is 0 Å². The first kappa shape index (κ1) is 14.3. The van der Waals surface area contributed by atoms with Crippen molar-refractivity contribution in [2.45, 2.75) is 0 Å². The molecule has 0 aliphatic carbocycles. The Morgan fingerprint density at radius 1 is 1.00 bits per heavy atom. The van der Waals surface area contributed by atoms with Gasteiger partial charge in [0.1, 0.15) is 5.82 Å². The van der Waals surface area contributed by atoms with Gasteiger partial charge >= 0.3 is 10.2 Å². The zero-order valence-electron chi connectivity index (χ0n) is 11.2. The van der Waals surface area contributed by atoms with Crippen molar-refractivity contribution in [2.24, 2.45) is 0 Å². The van der Waals surface area contributed by atoms with E-state index in [0.717, 1.165) is 15.7 Å². The van der Waals surface area contributed by atoms with E-state index in [1.165, 1.54) is 14.1 Å². The van der Waals surface area contributed by atoms with E-state index in [9.17, 15) is 8.42 Å². The topological polar surface area (TPSA) is 74.3 Å². The van der Waals surface area contributed by atoms with Crippen LogP contribution in [0.4, 0.5) is 17.2 Å². The van der Waals surface area contributed by atoms with E-state index >= 15 is 0 Å². The fourth-order valence-corrected chi connectivity index (χ4v) is 2.01. The van der Waals surface area contributed by atoms with Crippen molar-refractivity contribution in [3.05, 3.63) is 48.7 Å². The lowest BCUT2D eigenvalue weighted by Gasteiger charge is -2.13. The Morgan fingerprint density at radius 3 is 2.25 bits per heavy atom. The highest BCUT2D eigenvalue weighted by molar-refractivity contribution is 7.90. The van der Waals surface area contributed by atoms with E-state index in [-0.39, 0.29) is 5.82 Å². The Morgan fingerprint density at radius 2 is 1.70 bits per heavy atom. The molecular formula is C13H16N4O2S. The monoisotopic (exact) mass is 292 g/mol. The third-order valence-electron chi connectivity index (χ3n) is 2.54. The van der Waals surface area contributed by atoms with Gasteiger partial charge in [-0.15, -0.1) is 0 Å². The predicted octanol–water partition coefficient (Wildman–Crippen LogP) is 2.04. The fourth-order valence-electron chi connectivity index (χ4n) is 1.44. The Kier molecular flexibility index (Phi) is 4.21. The normalized spacial score (nSPS) is 11.3. The highest BCUT2D eigenvalue weighted by atomic mass is 32.2. The summed E-state index contributed by atoms with van der Waals surface area (Å²) in [5.41, 5.74) is 1.72. The largest absolute Gasteiger partial charge is 0.354 e. The number of hydrogen-bond donors (Lipinski definition) is 2. The lowest BCUT2D eigenvalue weighted by atomic mass is 10.3. The van der Waals surface area contributed by atoms with Crippen LogP contribution < -0.4 is 10.0 Å². The molecule has 0 aliphatic heterocycles. The van der Waals surface area contributed by atoms with Crippen LogP contribution in [0.25, 0.3) is 0 Å². The van der Waals surface area contributed by atoms with Crippen LogP contribution in [0.1, 0.15) is 0 Å². The van der Waals surface area contributed by atoms with E-state index in [0.29, 0.717) is 0 Å². The third kappa shape index (κ3) is 3.69. The van der Waals surface area contributed by atoms with Gasteiger partial charge in [0.15, 0.2) is 0 Å². The molecule has 0 atom stereocenters. The van der Waals surface area contributed by atoms with Gasteiger partial charge in [0.2, 0.25) is 0 Å². The highest BCUT2D eigenvalue weighted by Gasteiger charge is 2.13. The van der Waals surface area contributed by atoms with Gasteiger partial charge in [0, 0.05) is 19.8 Å². The molecule has 106 valence electrons. The van der Waals surface area contributed by atoms with Gasteiger partial charge in [-0.25, -0.2) is 4.98 Å². The summed E-state index contributed by atoms with van der Waals surface area (Å²) in [5.74, 6) is 0.275. The third-order valence-corrected chi connectivity index (χ3v) is 3.97. The van der Waals surface area contributed by atoms with Gasteiger partial charge in [0.05, 0.1) is 11.9 Å². The van der Waals surface area contributed by atoms with Crippen LogP contribution in [0.3, 0.4) is 0 Å². The summed E-state index contributed by atoms with van der Waals surface area (Å²) in [7, 11) is -0.618. The maximum absolute atomic E-state index is 11.6. The molecule has 1 aromatic heterocycles. The van der Waals surface area contributed by atoms with Gasteiger partial charge < -0.3 is 5.32 Å². The minimum absolute atomic E-state index is 0.275. The molecule has 1 heterocycles. The van der Waals surface area contributed by atoms with E-state index in [2.05, 4.69) is 15.0 Å². The number of nitrogens with zero attached hydrogens (tertiary/aromatic N) is 2. The molecule has 0 amide bonds. The zero-order chi connectivity index (χ0) is 14.6. The minimum atomic E-state index is -3.52. The summed E-state index contributed by atoms with van der Waals surface area (Å²) in [6, 6.07) is 13.0. The number of hydrogen-bond acceptors (Lipinski definition) is 4. The standard InChI is InChI=1S/C13H16N4O2S/c1-17(2)20(18,19)16-13-9-8-12(10-14-13)15-11-6-4-3-5-7-11/h3-10,15H,1-2H3,(H,14,16). The molecule has 0 radical (unpaired) electrons. The number of anilines is 3. The minimum Gasteiger partial charge on any atom is -0.354 e. The molecule has 7 heteroatoms. The zero-order valence-corrected chi connectivity index (χ0v) is 12.1. The van der Waals surface area contributed by atoms with E-state index in [4.69, 9.17) is 0 Å². The summed E-state index contributed by atoms with van der Waals surface area (Å²) in [6.07, 6.45) is 1.57. The number of benzene rings is 1. The first-order chi connectivity index (χ1) is 9.47. The highest BCUT2D eigenvalue weighted by Crippen LogP contribution is 2.17. The number of aromatic nitrogens is 1. The second kappa shape index (κ2) is 5.89. The molecule has 1 aromatic carbocycles. The second-order valence-corrected chi connectivity index (χ2v) is 6.20. The van der Waals surface area contributed by atoms with Crippen LogP contribution in [0.5, 0.6) is 0 Å². The van der Waals surface area contributed by atoms with Crippen molar-refractivity contribution in [2.75, 3.05) is 24.1 Å². The van der Waals surface area contributed by atoms with Crippen molar-refractivity contribution in [3.8, 4) is 0 Å². The average Bonchev–Trinajstić information content (AvgIpc) is 2.42. The van der Waals surface area contributed by atoms with Crippen LogP contribution in [0.15, 0.2) is 48.7 Å². The number of nitrogens with one attached hydrogen (secondary N) is 2. The fraction of sp³-hybridized carbons (Fsp3) is 0.154. The van der Waals surface area contributed by atoms with Crippen LogP contribution in [0, 0.1) is 0 Å². The molecule has 2 N–H and O–H groups in total. The van der Waals surface area contributed by atoms with Gasteiger partial charge in [-0.05, 0) is 24.3 Å². The molecule has 0 saturated carbocycles. The molecule has 0 saturated heterocycles. The Labute approximate surface area is 118 Å². The first-order valence-corrected chi connectivity index (χ1v) is 7.40. The number of pyridine rings is 1. The van der Waals surface area contributed by atoms with Crippen LogP contribution in [-0.4, -0.2) is 31.8 Å². The number of rotatable bonds is 5. The van der Waals surface area contributed by atoms with E-state index in [1.807, 2.05) is 30.3 Å². The molecule has 6 nitrogen and oxygen atoms in total. The molecule has 0 spiro atoms. The van der Waals surface area contributed by atoms with Gasteiger partial charge in [0.25, 0.3) is 0 Å². The quantitative estimate of drug-likeness (QED) is 0.884. The summed E-state index contributed by atoms with van der Waals surface area (Å²) < 4.78 is 26.7. The van der Waals surface area contributed by atoms with E-state index in [1.54, 1.807) is 18.3 Å². The molecule has 0 fully saturated rings. The smallest absolute Gasteiger partial charge is 0.302 e. The molecule has 20 heavy (non-hydrogen) atoms. The number of para-hydroxylation sites is 1. The average molecular weight is 292 g/mol. The predicted molar refractivity (Wildman–Crippen MR) is 80.2 cm³/mol. The lowest BCUT2D eigenvalue weighted by molar-refractivity contribution is 0.526. The Hall–Kier alpha value is -2.12. The molecule has 0 unspecified atom stereocenters. The van der Waals surface area contributed by atoms with Gasteiger partial charge in [-0.1, -0.05) is 18.2 Å².